The van der Waals surface area contributed by atoms with Gasteiger partial charge in [-0.1, -0.05) is 60.3 Å². The lowest BCUT2D eigenvalue weighted by Crippen LogP contribution is -2.31. The Bertz CT molecular complexity index is 979. The van der Waals surface area contributed by atoms with Crippen molar-refractivity contribution in [1.29, 1.82) is 0 Å². The van der Waals surface area contributed by atoms with Gasteiger partial charge in [-0.2, -0.15) is 13.2 Å². The quantitative estimate of drug-likeness (QED) is 0.445. The van der Waals surface area contributed by atoms with Gasteiger partial charge in [0.05, 0.1) is 17.3 Å². The first kappa shape index (κ1) is 20.1. The number of hydrogen-bond donors (Lipinski definition) is 0. The van der Waals surface area contributed by atoms with Crippen molar-refractivity contribution in [2.24, 2.45) is 0 Å². The Morgan fingerprint density at radius 2 is 1.71 bits per heavy atom. The fraction of sp³-hybridized carbons (Fsp3) is 0.250. The molecule has 3 aromatic rings. The standard InChI is InChI=1S/C20H18F3N3OS/c1-13(14-8-4-3-5-9-14)26(2)17(27)12-28-18-15-10-6-7-11-16(15)24-19(25-18)20(21,22)23/h3-11,13H,12H2,1-2H3/t13-/m1/s1. The number of rotatable bonds is 5. The van der Waals surface area contributed by atoms with Gasteiger partial charge in [-0.05, 0) is 18.6 Å². The van der Waals surface area contributed by atoms with Crippen LogP contribution in [0, 0.1) is 0 Å². The predicted molar refractivity (Wildman–Crippen MR) is 103 cm³/mol. The Labute approximate surface area is 164 Å². The summed E-state index contributed by atoms with van der Waals surface area (Å²) in [4.78, 5) is 21.4. The Morgan fingerprint density at radius 1 is 1.07 bits per heavy atom. The Kier molecular flexibility index (Phi) is 5.88. The van der Waals surface area contributed by atoms with E-state index in [0.29, 0.717) is 5.39 Å². The van der Waals surface area contributed by atoms with Gasteiger partial charge in [0.2, 0.25) is 11.7 Å². The van der Waals surface area contributed by atoms with E-state index in [1.165, 1.54) is 6.07 Å². The van der Waals surface area contributed by atoms with Crippen LogP contribution in [0.15, 0.2) is 59.6 Å². The summed E-state index contributed by atoms with van der Waals surface area (Å²) in [5, 5.41) is 0.638. The molecule has 3 rings (SSSR count). The SMILES string of the molecule is C[C@H](c1ccccc1)N(C)C(=O)CSc1nc(C(F)(F)F)nc2ccccc12. The van der Waals surface area contributed by atoms with E-state index in [2.05, 4.69) is 9.97 Å². The van der Waals surface area contributed by atoms with Gasteiger partial charge < -0.3 is 4.90 Å². The van der Waals surface area contributed by atoms with Gasteiger partial charge in [0.15, 0.2) is 0 Å². The number of alkyl halides is 3. The van der Waals surface area contributed by atoms with Crippen LogP contribution in [-0.2, 0) is 11.0 Å². The minimum Gasteiger partial charge on any atom is -0.338 e. The molecule has 4 nitrogen and oxygen atoms in total. The third-order valence-electron chi connectivity index (χ3n) is 4.41. The number of amides is 1. The van der Waals surface area contributed by atoms with Crippen LogP contribution >= 0.6 is 11.8 Å². The van der Waals surface area contributed by atoms with E-state index in [-0.39, 0.29) is 28.2 Å². The third kappa shape index (κ3) is 4.44. The molecular weight excluding hydrogens is 387 g/mol. The molecule has 0 unspecified atom stereocenters. The van der Waals surface area contributed by atoms with Crippen molar-refractivity contribution in [2.75, 3.05) is 12.8 Å². The fourth-order valence-corrected chi connectivity index (χ4v) is 3.63. The number of thioether (sulfide) groups is 1. The molecule has 0 spiro atoms. The number of hydrogen-bond acceptors (Lipinski definition) is 4. The first-order chi connectivity index (χ1) is 13.3. The number of fused-ring (bicyclic) bond motifs is 1. The van der Waals surface area contributed by atoms with Gasteiger partial charge in [-0.15, -0.1) is 0 Å². The number of carbonyl (C=O) groups is 1. The van der Waals surface area contributed by atoms with Gasteiger partial charge in [0.1, 0.15) is 5.03 Å². The third-order valence-corrected chi connectivity index (χ3v) is 5.39. The average Bonchev–Trinajstić information content (AvgIpc) is 2.70. The highest BCUT2D eigenvalue weighted by atomic mass is 32.2. The Balaban J connectivity index is 1.80. The van der Waals surface area contributed by atoms with Crippen LogP contribution in [0.25, 0.3) is 10.9 Å². The smallest absolute Gasteiger partial charge is 0.338 e. The van der Waals surface area contributed by atoms with Crippen molar-refractivity contribution in [2.45, 2.75) is 24.2 Å². The number of carbonyl (C=O) groups excluding carboxylic acids is 1. The molecule has 0 aliphatic rings. The van der Waals surface area contributed by atoms with Crippen molar-refractivity contribution in [1.82, 2.24) is 14.9 Å². The summed E-state index contributed by atoms with van der Waals surface area (Å²) in [6.07, 6.45) is -4.65. The second-order valence-electron chi connectivity index (χ2n) is 6.25. The lowest BCUT2D eigenvalue weighted by molar-refractivity contribution is -0.145. The zero-order chi connectivity index (χ0) is 20.3. The van der Waals surface area contributed by atoms with Crippen LogP contribution in [0.4, 0.5) is 13.2 Å². The zero-order valence-corrected chi connectivity index (χ0v) is 16.1. The van der Waals surface area contributed by atoms with E-state index in [1.807, 2.05) is 37.3 Å². The van der Waals surface area contributed by atoms with Crippen LogP contribution < -0.4 is 0 Å². The summed E-state index contributed by atoms with van der Waals surface area (Å²) < 4.78 is 39.3. The molecule has 0 saturated carbocycles. The van der Waals surface area contributed by atoms with Crippen LogP contribution in [-0.4, -0.2) is 33.6 Å². The van der Waals surface area contributed by atoms with E-state index < -0.39 is 12.0 Å². The highest BCUT2D eigenvalue weighted by molar-refractivity contribution is 8.00. The van der Waals surface area contributed by atoms with Gasteiger partial charge in [-0.25, -0.2) is 9.97 Å². The molecule has 28 heavy (non-hydrogen) atoms. The second kappa shape index (κ2) is 8.18. The van der Waals surface area contributed by atoms with Gasteiger partial charge in [0, 0.05) is 12.4 Å². The number of halogens is 3. The molecule has 0 saturated heterocycles. The molecule has 2 aromatic carbocycles. The lowest BCUT2D eigenvalue weighted by atomic mass is 10.1. The molecule has 0 radical (unpaired) electrons. The van der Waals surface area contributed by atoms with Crippen molar-refractivity contribution in [3.63, 3.8) is 0 Å². The molecule has 0 aliphatic carbocycles. The lowest BCUT2D eigenvalue weighted by Gasteiger charge is -2.25. The van der Waals surface area contributed by atoms with Gasteiger partial charge >= 0.3 is 6.18 Å². The maximum absolute atomic E-state index is 13.1. The predicted octanol–water partition coefficient (Wildman–Crippen LogP) is 4.96. The first-order valence-corrected chi connectivity index (χ1v) is 9.53. The van der Waals surface area contributed by atoms with Crippen LogP contribution in [0.3, 0.4) is 0 Å². The van der Waals surface area contributed by atoms with Crippen molar-refractivity contribution < 1.29 is 18.0 Å². The number of aromatic nitrogens is 2. The normalized spacial score (nSPS) is 12.8. The van der Waals surface area contributed by atoms with Gasteiger partial charge in [-0.3, -0.25) is 4.79 Å². The van der Waals surface area contributed by atoms with Crippen LogP contribution in [0.1, 0.15) is 24.4 Å². The van der Waals surface area contributed by atoms with E-state index in [1.54, 1.807) is 30.1 Å². The molecule has 8 heteroatoms. The fourth-order valence-electron chi connectivity index (χ4n) is 2.69. The minimum absolute atomic E-state index is 0.0218. The van der Waals surface area contributed by atoms with E-state index >= 15 is 0 Å². The highest BCUT2D eigenvalue weighted by Gasteiger charge is 2.35. The first-order valence-electron chi connectivity index (χ1n) is 8.54. The molecule has 1 amide bonds. The maximum Gasteiger partial charge on any atom is 0.451 e. The molecule has 0 bridgehead atoms. The van der Waals surface area contributed by atoms with Crippen molar-refractivity contribution in [3.05, 3.63) is 66.0 Å². The summed E-state index contributed by atoms with van der Waals surface area (Å²) >= 11 is 0.987. The van der Waals surface area contributed by atoms with E-state index in [4.69, 9.17) is 0 Å². The molecule has 1 aromatic heterocycles. The summed E-state index contributed by atoms with van der Waals surface area (Å²) in [6, 6.07) is 15.9. The molecule has 0 fully saturated rings. The summed E-state index contributed by atoms with van der Waals surface area (Å²) in [7, 11) is 1.68. The summed E-state index contributed by atoms with van der Waals surface area (Å²) in [6.45, 7) is 1.90. The molecule has 1 heterocycles. The Morgan fingerprint density at radius 3 is 2.39 bits per heavy atom. The molecule has 0 aliphatic heterocycles. The number of para-hydroxylation sites is 1. The molecule has 146 valence electrons. The van der Waals surface area contributed by atoms with E-state index in [9.17, 15) is 18.0 Å². The van der Waals surface area contributed by atoms with Gasteiger partial charge in [0.25, 0.3) is 0 Å². The molecule has 0 N–H and O–H groups in total. The molecular formula is C20H18F3N3OS. The second-order valence-corrected chi connectivity index (χ2v) is 7.21. The van der Waals surface area contributed by atoms with Crippen molar-refractivity contribution >= 4 is 28.6 Å². The maximum atomic E-state index is 13.1. The molecule has 1 atom stereocenters. The zero-order valence-electron chi connectivity index (χ0n) is 15.3. The van der Waals surface area contributed by atoms with Crippen molar-refractivity contribution in [3.8, 4) is 0 Å². The summed E-state index contributed by atoms with van der Waals surface area (Å²) in [5.41, 5.74) is 1.18. The average molecular weight is 405 g/mol. The summed E-state index contributed by atoms with van der Waals surface area (Å²) in [5.74, 6) is -1.42. The highest BCUT2D eigenvalue weighted by Crippen LogP contribution is 2.32. The topological polar surface area (TPSA) is 46.1 Å². The Hall–Kier alpha value is -2.61. The monoisotopic (exact) mass is 405 g/mol. The van der Waals surface area contributed by atoms with E-state index in [0.717, 1.165) is 17.3 Å². The largest absolute Gasteiger partial charge is 0.451 e. The van der Waals surface area contributed by atoms with Crippen LogP contribution in [0.5, 0.6) is 0 Å². The minimum atomic E-state index is -4.65. The number of nitrogens with zero attached hydrogens (tertiary/aromatic N) is 3. The number of benzene rings is 2. The van der Waals surface area contributed by atoms with Crippen LogP contribution in [0.2, 0.25) is 0 Å².